The molecule has 0 saturated carbocycles. The molecule has 1 unspecified atom stereocenters. The topological polar surface area (TPSA) is 86.4 Å². The van der Waals surface area contributed by atoms with Gasteiger partial charge in [0, 0.05) is 50.6 Å². The Morgan fingerprint density at radius 3 is 2.63 bits per heavy atom. The van der Waals surface area contributed by atoms with Crippen molar-refractivity contribution in [3.05, 3.63) is 65.4 Å². The average molecular weight is 521 g/mol. The monoisotopic (exact) mass is 520 g/mol. The number of ether oxygens (including phenoxy) is 1. The Morgan fingerprint density at radius 1 is 1.11 bits per heavy atom. The third-order valence-electron chi connectivity index (χ3n) is 7.43. The van der Waals surface area contributed by atoms with Gasteiger partial charge in [-0.1, -0.05) is 6.07 Å². The van der Waals surface area contributed by atoms with Crippen molar-refractivity contribution in [3.8, 4) is 23.0 Å². The quantitative estimate of drug-likeness (QED) is 0.533. The number of nitriles is 1. The highest BCUT2D eigenvalue weighted by atomic mass is 19.1. The number of nitrogens with zero attached hydrogens (tertiary/aromatic N) is 5. The molecule has 198 valence electrons. The van der Waals surface area contributed by atoms with Gasteiger partial charge in [-0.3, -0.25) is 4.79 Å². The summed E-state index contributed by atoms with van der Waals surface area (Å²) in [5.41, 5.74) is 1.65. The number of carbonyl (C=O) groups excluding carboxylic acids is 1. The largest absolute Gasteiger partial charge is 0.380 e. The van der Waals surface area contributed by atoms with Gasteiger partial charge in [0.2, 0.25) is 0 Å². The fourth-order valence-electron chi connectivity index (χ4n) is 5.22. The Labute approximate surface area is 220 Å². The fraction of sp³-hybridized carbons (Fsp3) is 0.393. The van der Waals surface area contributed by atoms with Crippen molar-refractivity contribution in [3.63, 3.8) is 0 Å². The van der Waals surface area contributed by atoms with Crippen LogP contribution in [0, 0.1) is 23.0 Å². The lowest BCUT2D eigenvalue weighted by atomic mass is 10.1. The lowest BCUT2D eigenvalue weighted by Gasteiger charge is -2.32. The molecule has 3 heterocycles. The molecule has 2 aliphatic rings. The molecule has 0 radical (unpaired) electrons. The van der Waals surface area contributed by atoms with Gasteiger partial charge in [0.1, 0.15) is 17.6 Å². The second-order valence-electron chi connectivity index (χ2n) is 9.74. The molecule has 2 fully saturated rings. The Morgan fingerprint density at radius 2 is 1.95 bits per heavy atom. The summed E-state index contributed by atoms with van der Waals surface area (Å²) in [6, 6.07) is 12.6. The maximum atomic E-state index is 15.6. The van der Waals surface area contributed by atoms with Crippen LogP contribution >= 0.6 is 0 Å². The maximum absolute atomic E-state index is 15.6. The minimum atomic E-state index is -0.698. The van der Waals surface area contributed by atoms with Gasteiger partial charge in [-0.15, -0.1) is 0 Å². The number of amides is 1. The number of hydrogen-bond donors (Lipinski definition) is 1. The number of aromatic nitrogens is 2. The third-order valence-corrected chi connectivity index (χ3v) is 7.43. The van der Waals surface area contributed by atoms with Crippen LogP contribution in [0.1, 0.15) is 35.3 Å². The minimum Gasteiger partial charge on any atom is -0.380 e. The summed E-state index contributed by atoms with van der Waals surface area (Å²) in [4.78, 5) is 17.2. The van der Waals surface area contributed by atoms with Crippen molar-refractivity contribution in [1.29, 1.82) is 5.26 Å². The molecule has 1 amide bonds. The van der Waals surface area contributed by atoms with Gasteiger partial charge < -0.3 is 19.9 Å². The predicted octanol–water partition coefficient (Wildman–Crippen LogP) is 3.74. The van der Waals surface area contributed by atoms with Crippen LogP contribution in [0.25, 0.3) is 16.9 Å². The lowest BCUT2D eigenvalue weighted by molar-refractivity contribution is 0.0691. The highest BCUT2D eigenvalue weighted by Crippen LogP contribution is 2.30. The third kappa shape index (κ3) is 4.99. The summed E-state index contributed by atoms with van der Waals surface area (Å²) in [7, 11) is 3.54. The Bertz CT molecular complexity index is 1380. The second kappa shape index (κ2) is 10.9. The number of halogens is 2. The number of methoxy groups -OCH3 is 1. The van der Waals surface area contributed by atoms with Crippen LogP contribution < -0.4 is 10.2 Å². The number of rotatable bonds is 6. The standard InChI is InChI=1S/C28H30F2N6O2/c1-32-20-4-3-10-35(16-20)28(37)25-14-27(18-5-6-19(15-31)23(29)12-18)36(33-25)26-8-7-21(13-24(26)30)34-11-9-22(17-34)38-2/h5-8,12-14,20,22,32H,3-4,9-11,16-17H2,1-2H3/t20-,22?/m1/s1. The number of benzene rings is 2. The number of likely N-dealkylation sites (N-methyl/N-ethyl adjacent to an activating group) is 1. The van der Waals surface area contributed by atoms with E-state index in [-0.39, 0.29) is 35.0 Å². The molecule has 0 bridgehead atoms. The number of anilines is 1. The van der Waals surface area contributed by atoms with Crippen molar-refractivity contribution in [2.45, 2.75) is 31.4 Å². The SMILES string of the molecule is CN[C@@H]1CCCN(C(=O)c2cc(-c3ccc(C#N)c(F)c3)n(-c3ccc(N4CCC(OC)C4)cc3F)n2)C1. The number of hydrogen-bond acceptors (Lipinski definition) is 6. The highest BCUT2D eigenvalue weighted by Gasteiger charge is 2.28. The molecule has 1 N–H and O–H groups in total. The number of piperidine rings is 1. The van der Waals surface area contributed by atoms with Crippen LogP contribution in [0.4, 0.5) is 14.5 Å². The summed E-state index contributed by atoms with van der Waals surface area (Å²) in [6.07, 6.45) is 2.81. The van der Waals surface area contributed by atoms with Crippen molar-refractivity contribution in [2.75, 3.05) is 45.2 Å². The second-order valence-corrected chi connectivity index (χ2v) is 9.74. The van der Waals surface area contributed by atoms with Gasteiger partial charge in [-0.25, -0.2) is 13.5 Å². The van der Waals surface area contributed by atoms with Crippen LogP contribution in [0.15, 0.2) is 42.5 Å². The number of likely N-dealkylation sites (tertiary alicyclic amines) is 1. The average Bonchev–Trinajstić information content (AvgIpc) is 3.60. The first-order valence-electron chi connectivity index (χ1n) is 12.8. The molecule has 10 heteroatoms. The first kappa shape index (κ1) is 25.8. The van der Waals surface area contributed by atoms with Crippen LogP contribution in [-0.2, 0) is 4.74 Å². The zero-order chi connectivity index (χ0) is 26.8. The Kier molecular flexibility index (Phi) is 7.40. The molecule has 2 atom stereocenters. The van der Waals surface area contributed by atoms with E-state index in [1.807, 2.05) is 19.2 Å². The summed E-state index contributed by atoms with van der Waals surface area (Å²) < 4.78 is 36.9. The molecule has 3 aromatic rings. The smallest absolute Gasteiger partial charge is 0.274 e. The summed E-state index contributed by atoms with van der Waals surface area (Å²) in [6.45, 7) is 2.59. The molecule has 2 aromatic carbocycles. The molecule has 5 rings (SSSR count). The van der Waals surface area contributed by atoms with Crippen LogP contribution in [-0.4, -0.2) is 73.1 Å². The molecule has 8 nitrogen and oxygen atoms in total. The van der Waals surface area contributed by atoms with Crippen molar-refractivity contribution in [1.82, 2.24) is 20.0 Å². The van der Waals surface area contributed by atoms with Gasteiger partial charge in [-0.05, 0) is 62.7 Å². The molecular formula is C28H30F2N6O2. The summed E-state index contributed by atoms with van der Waals surface area (Å²) in [5.74, 6) is -1.48. The normalized spacial score (nSPS) is 19.6. The first-order chi connectivity index (χ1) is 18.4. The van der Waals surface area contributed by atoms with E-state index in [2.05, 4.69) is 15.3 Å². The van der Waals surface area contributed by atoms with Gasteiger partial charge in [0.25, 0.3) is 5.91 Å². The molecule has 0 aliphatic carbocycles. The maximum Gasteiger partial charge on any atom is 0.274 e. The van der Waals surface area contributed by atoms with E-state index in [0.717, 1.165) is 31.5 Å². The highest BCUT2D eigenvalue weighted by molar-refractivity contribution is 5.94. The van der Waals surface area contributed by atoms with Crippen molar-refractivity contribution < 1.29 is 18.3 Å². The van der Waals surface area contributed by atoms with E-state index in [4.69, 9.17) is 10.00 Å². The number of nitrogens with one attached hydrogen (secondary N) is 1. The van der Waals surface area contributed by atoms with E-state index >= 15 is 4.39 Å². The first-order valence-corrected chi connectivity index (χ1v) is 12.8. The van der Waals surface area contributed by atoms with E-state index in [1.165, 1.54) is 22.9 Å². The zero-order valence-corrected chi connectivity index (χ0v) is 21.5. The Balaban J connectivity index is 1.54. The predicted molar refractivity (Wildman–Crippen MR) is 139 cm³/mol. The van der Waals surface area contributed by atoms with Gasteiger partial charge in [-0.2, -0.15) is 10.4 Å². The van der Waals surface area contributed by atoms with E-state index in [9.17, 15) is 9.18 Å². The van der Waals surface area contributed by atoms with Gasteiger partial charge >= 0.3 is 0 Å². The molecule has 1 aromatic heterocycles. The fourth-order valence-corrected chi connectivity index (χ4v) is 5.22. The van der Waals surface area contributed by atoms with Gasteiger partial charge in [0.15, 0.2) is 11.5 Å². The van der Waals surface area contributed by atoms with Crippen LogP contribution in [0.5, 0.6) is 0 Å². The molecular weight excluding hydrogens is 490 g/mol. The zero-order valence-electron chi connectivity index (χ0n) is 21.5. The summed E-state index contributed by atoms with van der Waals surface area (Å²) >= 11 is 0. The van der Waals surface area contributed by atoms with E-state index in [1.54, 1.807) is 30.2 Å². The van der Waals surface area contributed by atoms with Gasteiger partial charge in [0.05, 0.1) is 17.4 Å². The van der Waals surface area contributed by atoms with Crippen LogP contribution in [0.2, 0.25) is 0 Å². The van der Waals surface area contributed by atoms with Crippen LogP contribution in [0.3, 0.4) is 0 Å². The molecule has 0 spiro atoms. The van der Waals surface area contributed by atoms with Crippen molar-refractivity contribution in [2.24, 2.45) is 0 Å². The lowest BCUT2D eigenvalue weighted by Crippen LogP contribution is -2.47. The molecule has 2 saturated heterocycles. The minimum absolute atomic E-state index is 0.0990. The number of carbonyl (C=O) groups is 1. The molecule has 2 aliphatic heterocycles. The van der Waals surface area contributed by atoms with Crippen molar-refractivity contribution >= 4 is 11.6 Å². The van der Waals surface area contributed by atoms with E-state index < -0.39 is 11.6 Å². The Hall–Kier alpha value is -3.81. The summed E-state index contributed by atoms with van der Waals surface area (Å²) in [5, 5.41) is 16.9. The molecule has 38 heavy (non-hydrogen) atoms. The van der Waals surface area contributed by atoms with E-state index in [0.29, 0.717) is 30.9 Å².